The third-order valence-electron chi connectivity index (χ3n) is 2.95. The zero-order valence-corrected chi connectivity index (χ0v) is 11.6. The highest BCUT2D eigenvalue weighted by Gasteiger charge is 2.11. The minimum atomic E-state index is 0.434. The van der Waals surface area contributed by atoms with Crippen molar-refractivity contribution >= 4 is 23.2 Å². The molecule has 0 saturated heterocycles. The Morgan fingerprint density at radius 1 is 1.35 bits per heavy atom. The van der Waals surface area contributed by atoms with E-state index in [1.807, 2.05) is 6.92 Å². The van der Waals surface area contributed by atoms with Gasteiger partial charge in [0.1, 0.15) is 29.5 Å². The van der Waals surface area contributed by atoms with Crippen molar-refractivity contribution in [2.75, 3.05) is 11.9 Å². The van der Waals surface area contributed by atoms with Gasteiger partial charge in [-0.2, -0.15) is 24.7 Å². The van der Waals surface area contributed by atoms with Crippen LogP contribution in [0.15, 0.2) is 12.7 Å². The summed E-state index contributed by atoms with van der Waals surface area (Å²) in [5.74, 6) is 2.18. The number of nitrogens with zero attached hydrogens (tertiary/aromatic N) is 6. The van der Waals surface area contributed by atoms with Crippen molar-refractivity contribution in [3.63, 3.8) is 0 Å². The lowest BCUT2D eigenvalue weighted by molar-refractivity contribution is 0.795. The van der Waals surface area contributed by atoms with Crippen LogP contribution in [0.5, 0.6) is 0 Å². The second-order valence-corrected chi connectivity index (χ2v) is 4.67. The average Bonchev–Trinajstić information content (AvgIpc) is 3.09. The molecule has 104 valence electrons. The van der Waals surface area contributed by atoms with E-state index in [2.05, 4.69) is 35.6 Å². The van der Waals surface area contributed by atoms with Crippen LogP contribution in [0.3, 0.4) is 0 Å². The SMILES string of the molecule is Cc1c(Cl)nc2ncnn2c1NCCCc1ncn[nH]1. The van der Waals surface area contributed by atoms with Gasteiger partial charge in [0.25, 0.3) is 5.78 Å². The fourth-order valence-corrected chi connectivity index (χ4v) is 2.08. The Hall–Kier alpha value is -2.22. The van der Waals surface area contributed by atoms with E-state index in [0.29, 0.717) is 10.9 Å². The van der Waals surface area contributed by atoms with Crippen LogP contribution in [-0.4, -0.2) is 41.3 Å². The summed E-state index contributed by atoms with van der Waals surface area (Å²) in [4.78, 5) is 12.3. The van der Waals surface area contributed by atoms with Crippen molar-refractivity contribution in [2.24, 2.45) is 0 Å². The third-order valence-corrected chi connectivity index (χ3v) is 3.32. The molecule has 3 heterocycles. The Labute approximate surface area is 119 Å². The molecule has 0 amide bonds. The molecule has 0 aliphatic heterocycles. The summed E-state index contributed by atoms with van der Waals surface area (Å²) in [6, 6.07) is 0. The van der Waals surface area contributed by atoms with Crippen LogP contribution >= 0.6 is 11.6 Å². The van der Waals surface area contributed by atoms with Crippen molar-refractivity contribution in [1.29, 1.82) is 0 Å². The maximum atomic E-state index is 6.09. The molecular formula is C11H13ClN8. The number of hydrogen-bond donors (Lipinski definition) is 2. The number of aromatic amines is 1. The van der Waals surface area contributed by atoms with E-state index >= 15 is 0 Å². The summed E-state index contributed by atoms with van der Waals surface area (Å²) < 4.78 is 1.65. The topological polar surface area (TPSA) is 96.7 Å². The smallest absolute Gasteiger partial charge is 0.255 e. The van der Waals surface area contributed by atoms with Gasteiger partial charge in [-0.05, 0) is 13.3 Å². The lowest BCUT2D eigenvalue weighted by Crippen LogP contribution is -2.11. The largest absolute Gasteiger partial charge is 0.370 e. The molecule has 0 aliphatic carbocycles. The number of nitrogens with one attached hydrogen (secondary N) is 2. The van der Waals surface area contributed by atoms with Gasteiger partial charge in [0, 0.05) is 18.5 Å². The van der Waals surface area contributed by atoms with E-state index < -0.39 is 0 Å². The molecule has 0 spiro atoms. The Morgan fingerprint density at radius 2 is 2.25 bits per heavy atom. The first-order chi connectivity index (χ1) is 9.75. The minimum absolute atomic E-state index is 0.434. The van der Waals surface area contributed by atoms with E-state index in [4.69, 9.17) is 11.6 Å². The average molecular weight is 293 g/mol. The predicted molar refractivity (Wildman–Crippen MR) is 73.7 cm³/mol. The van der Waals surface area contributed by atoms with Gasteiger partial charge in [-0.3, -0.25) is 5.10 Å². The van der Waals surface area contributed by atoms with Gasteiger partial charge in [-0.15, -0.1) is 0 Å². The molecule has 8 nitrogen and oxygen atoms in total. The molecule has 3 rings (SSSR count). The molecule has 0 aliphatic rings. The summed E-state index contributed by atoms with van der Waals surface area (Å²) >= 11 is 6.09. The number of hydrogen-bond acceptors (Lipinski definition) is 6. The zero-order valence-electron chi connectivity index (χ0n) is 10.8. The lowest BCUT2D eigenvalue weighted by Gasteiger charge is -2.11. The van der Waals surface area contributed by atoms with Crippen LogP contribution in [0, 0.1) is 6.92 Å². The molecular weight excluding hydrogens is 280 g/mol. The van der Waals surface area contributed by atoms with E-state index in [9.17, 15) is 0 Å². The van der Waals surface area contributed by atoms with Gasteiger partial charge in [0.15, 0.2) is 0 Å². The van der Waals surface area contributed by atoms with Crippen molar-refractivity contribution in [3.05, 3.63) is 29.2 Å². The Morgan fingerprint density at radius 3 is 3.05 bits per heavy atom. The van der Waals surface area contributed by atoms with Crippen LogP contribution in [0.1, 0.15) is 17.8 Å². The van der Waals surface area contributed by atoms with Crippen molar-refractivity contribution < 1.29 is 0 Å². The summed E-state index contributed by atoms with van der Waals surface area (Å²) in [7, 11) is 0. The van der Waals surface area contributed by atoms with E-state index in [1.165, 1.54) is 12.7 Å². The Kier molecular flexibility index (Phi) is 3.46. The Balaban J connectivity index is 1.70. The van der Waals surface area contributed by atoms with Crippen LogP contribution < -0.4 is 5.32 Å². The molecule has 0 radical (unpaired) electrons. The van der Waals surface area contributed by atoms with Gasteiger partial charge in [-0.25, -0.2) is 4.98 Å². The van der Waals surface area contributed by atoms with Crippen LogP contribution in [0.25, 0.3) is 5.78 Å². The second kappa shape index (κ2) is 5.41. The highest BCUT2D eigenvalue weighted by atomic mass is 35.5. The normalized spacial score (nSPS) is 11.1. The number of aryl methyl sites for hydroxylation is 1. The third kappa shape index (κ3) is 2.42. The first kappa shape index (κ1) is 12.8. The molecule has 0 aromatic carbocycles. The molecule has 0 saturated carbocycles. The highest BCUT2D eigenvalue weighted by molar-refractivity contribution is 6.30. The standard InChI is InChI=1S/C11H13ClN8/c1-7-9(12)18-11-15-6-17-20(11)10(7)13-4-2-3-8-14-5-16-19-8/h5-6,13H,2-4H2,1H3,(H,14,16,19). The molecule has 0 bridgehead atoms. The maximum absolute atomic E-state index is 6.09. The summed E-state index contributed by atoms with van der Waals surface area (Å²) in [6.07, 6.45) is 4.70. The summed E-state index contributed by atoms with van der Waals surface area (Å²) in [5.41, 5.74) is 0.851. The zero-order chi connectivity index (χ0) is 13.9. The van der Waals surface area contributed by atoms with Crippen molar-refractivity contribution in [3.8, 4) is 0 Å². The molecule has 0 atom stereocenters. The van der Waals surface area contributed by atoms with E-state index in [0.717, 1.165) is 36.6 Å². The van der Waals surface area contributed by atoms with Gasteiger partial charge in [0.05, 0.1) is 0 Å². The van der Waals surface area contributed by atoms with E-state index in [1.54, 1.807) is 4.52 Å². The van der Waals surface area contributed by atoms with Gasteiger partial charge >= 0.3 is 0 Å². The lowest BCUT2D eigenvalue weighted by atomic mass is 10.3. The van der Waals surface area contributed by atoms with Gasteiger partial charge in [-0.1, -0.05) is 11.6 Å². The number of rotatable bonds is 5. The number of fused-ring (bicyclic) bond motifs is 1. The maximum Gasteiger partial charge on any atom is 0.255 e. The highest BCUT2D eigenvalue weighted by Crippen LogP contribution is 2.21. The monoisotopic (exact) mass is 292 g/mol. The predicted octanol–water partition coefficient (Wildman–Crippen LogP) is 1.25. The molecule has 0 unspecified atom stereocenters. The van der Waals surface area contributed by atoms with E-state index in [-0.39, 0.29) is 0 Å². The quantitative estimate of drug-likeness (QED) is 0.542. The van der Waals surface area contributed by atoms with Crippen LogP contribution in [0.4, 0.5) is 5.82 Å². The van der Waals surface area contributed by atoms with Crippen molar-refractivity contribution in [2.45, 2.75) is 19.8 Å². The van der Waals surface area contributed by atoms with Gasteiger partial charge in [0.2, 0.25) is 0 Å². The molecule has 20 heavy (non-hydrogen) atoms. The molecule has 0 fully saturated rings. The van der Waals surface area contributed by atoms with Gasteiger partial charge < -0.3 is 5.32 Å². The fourth-order valence-electron chi connectivity index (χ4n) is 1.92. The summed E-state index contributed by atoms with van der Waals surface area (Å²) in [5, 5.41) is 14.5. The molecule has 3 aromatic rings. The molecule has 2 N–H and O–H groups in total. The van der Waals surface area contributed by atoms with Crippen LogP contribution in [0.2, 0.25) is 5.15 Å². The fraction of sp³-hybridized carbons (Fsp3) is 0.364. The first-order valence-electron chi connectivity index (χ1n) is 6.19. The number of halogens is 1. The Bertz CT molecular complexity index is 705. The number of H-pyrrole nitrogens is 1. The second-order valence-electron chi connectivity index (χ2n) is 4.31. The van der Waals surface area contributed by atoms with Crippen molar-refractivity contribution in [1.82, 2.24) is 34.8 Å². The van der Waals surface area contributed by atoms with Crippen LogP contribution in [-0.2, 0) is 6.42 Å². The summed E-state index contributed by atoms with van der Waals surface area (Å²) in [6.45, 7) is 2.66. The first-order valence-corrected chi connectivity index (χ1v) is 6.57. The minimum Gasteiger partial charge on any atom is -0.370 e. The molecule has 9 heteroatoms. The number of aromatic nitrogens is 7. The molecule has 3 aromatic heterocycles. The number of anilines is 1.